The Morgan fingerprint density at radius 1 is 1.45 bits per heavy atom. The van der Waals surface area contributed by atoms with Gasteiger partial charge < -0.3 is 15.3 Å². The third-order valence-corrected chi connectivity index (χ3v) is 3.99. The van der Waals surface area contributed by atoms with E-state index in [0.29, 0.717) is 6.42 Å². The smallest absolute Gasteiger partial charge is 0.325 e. The summed E-state index contributed by atoms with van der Waals surface area (Å²) in [5.74, 6) is -1.98. The highest BCUT2D eigenvalue weighted by atomic mass is 16.4. The molecule has 8 heteroatoms. The van der Waals surface area contributed by atoms with Crippen LogP contribution in [-0.2, 0) is 21.4 Å². The SMILES string of the molecule is C[C@@H](NC(=O)C1CCC(=O)N(C)C1c1cnn(C)c1)C(=O)O. The van der Waals surface area contributed by atoms with Crippen molar-refractivity contribution in [1.82, 2.24) is 20.0 Å². The second kappa shape index (κ2) is 6.17. The van der Waals surface area contributed by atoms with E-state index in [1.165, 1.54) is 11.8 Å². The average Bonchev–Trinajstić information content (AvgIpc) is 2.87. The summed E-state index contributed by atoms with van der Waals surface area (Å²) >= 11 is 0. The zero-order valence-electron chi connectivity index (χ0n) is 12.8. The second-order valence-corrected chi connectivity index (χ2v) is 5.61. The third kappa shape index (κ3) is 3.10. The van der Waals surface area contributed by atoms with Gasteiger partial charge in [0.05, 0.1) is 18.2 Å². The number of likely N-dealkylation sites (tertiary alicyclic amines) is 1. The minimum Gasteiger partial charge on any atom is -0.480 e. The first kappa shape index (κ1) is 16.0. The number of hydrogen-bond donors (Lipinski definition) is 2. The zero-order chi connectivity index (χ0) is 16.4. The van der Waals surface area contributed by atoms with Gasteiger partial charge in [-0.25, -0.2) is 0 Å². The highest BCUT2D eigenvalue weighted by molar-refractivity contribution is 5.87. The number of aliphatic carboxylic acids is 1. The number of carbonyl (C=O) groups excluding carboxylic acids is 2. The lowest BCUT2D eigenvalue weighted by Crippen LogP contribution is -2.49. The largest absolute Gasteiger partial charge is 0.480 e. The average molecular weight is 308 g/mol. The fraction of sp³-hybridized carbons (Fsp3) is 0.571. The summed E-state index contributed by atoms with van der Waals surface area (Å²) in [6, 6.07) is -1.40. The van der Waals surface area contributed by atoms with Gasteiger partial charge in [0.1, 0.15) is 6.04 Å². The van der Waals surface area contributed by atoms with Gasteiger partial charge in [-0.1, -0.05) is 0 Å². The quantitative estimate of drug-likeness (QED) is 0.809. The number of hydrogen-bond acceptors (Lipinski definition) is 4. The Bertz CT molecular complexity index is 597. The first-order valence-corrected chi connectivity index (χ1v) is 7.08. The minimum atomic E-state index is -1.09. The normalized spacial score (nSPS) is 23.2. The number of nitrogens with zero attached hydrogens (tertiary/aromatic N) is 3. The van der Waals surface area contributed by atoms with Crippen molar-refractivity contribution in [3.63, 3.8) is 0 Å². The molecule has 0 saturated carbocycles. The molecular weight excluding hydrogens is 288 g/mol. The first-order valence-electron chi connectivity index (χ1n) is 7.08. The standard InChI is InChI=1S/C14H20N4O4/c1-8(14(21)22)16-13(20)10-4-5-11(19)18(3)12(10)9-6-15-17(2)7-9/h6-8,10,12H,4-5H2,1-3H3,(H,16,20)(H,21,22)/t8-,10?,12?/m1/s1. The summed E-state index contributed by atoms with van der Waals surface area (Å²) in [6.07, 6.45) is 4.05. The molecule has 0 aliphatic carbocycles. The molecule has 0 spiro atoms. The highest BCUT2D eigenvalue weighted by Crippen LogP contribution is 2.35. The molecular formula is C14H20N4O4. The molecule has 1 fully saturated rings. The van der Waals surface area contributed by atoms with Crippen molar-refractivity contribution in [1.29, 1.82) is 0 Å². The van der Waals surface area contributed by atoms with Crippen LogP contribution in [0.2, 0.25) is 0 Å². The molecule has 0 radical (unpaired) electrons. The Balaban J connectivity index is 2.25. The minimum absolute atomic E-state index is 0.0378. The lowest BCUT2D eigenvalue weighted by atomic mass is 9.85. The summed E-state index contributed by atoms with van der Waals surface area (Å²) in [7, 11) is 3.41. The predicted molar refractivity (Wildman–Crippen MR) is 76.7 cm³/mol. The summed E-state index contributed by atoms with van der Waals surface area (Å²) in [6.45, 7) is 1.41. The fourth-order valence-electron chi connectivity index (χ4n) is 2.74. The van der Waals surface area contributed by atoms with Gasteiger partial charge >= 0.3 is 5.97 Å². The van der Waals surface area contributed by atoms with Gasteiger partial charge in [-0.2, -0.15) is 5.10 Å². The van der Waals surface area contributed by atoms with Crippen LogP contribution >= 0.6 is 0 Å². The molecule has 2 unspecified atom stereocenters. The third-order valence-electron chi connectivity index (χ3n) is 3.99. The van der Waals surface area contributed by atoms with Crippen LogP contribution in [0.5, 0.6) is 0 Å². The number of rotatable bonds is 4. The Kier molecular flexibility index (Phi) is 4.48. The van der Waals surface area contributed by atoms with Crippen LogP contribution < -0.4 is 5.32 Å². The van der Waals surface area contributed by atoms with Crippen molar-refractivity contribution in [2.45, 2.75) is 31.8 Å². The topological polar surface area (TPSA) is 105 Å². The maximum absolute atomic E-state index is 12.4. The van der Waals surface area contributed by atoms with Crippen LogP contribution in [0.4, 0.5) is 0 Å². The highest BCUT2D eigenvalue weighted by Gasteiger charge is 2.40. The van der Waals surface area contributed by atoms with E-state index in [2.05, 4.69) is 10.4 Å². The van der Waals surface area contributed by atoms with E-state index >= 15 is 0 Å². The van der Waals surface area contributed by atoms with Crippen LogP contribution in [0, 0.1) is 5.92 Å². The Labute approximate surface area is 128 Å². The van der Waals surface area contributed by atoms with Crippen LogP contribution in [0.25, 0.3) is 0 Å². The number of aromatic nitrogens is 2. The number of aryl methyl sites for hydroxylation is 1. The molecule has 1 aliphatic rings. The molecule has 2 rings (SSSR count). The molecule has 2 amide bonds. The van der Waals surface area contributed by atoms with Crippen LogP contribution in [0.3, 0.4) is 0 Å². The maximum atomic E-state index is 12.4. The number of piperidine rings is 1. The van der Waals surface area contributed by atoms with Crippen molar-refractivity contribution >= 4 is 17.8 Å². The first-order chi connectivity index (χ1) is 10.3. The summed E-state index contributed by atoms with van der Waals surface area (Å²) in [5.41, 5.74) is 0.765. The molecule has 0 aromatic carbocycles. The number of carbonyl (C=O) groups is 3. The van der Waals surface area contributed by atoms with Crippen molar-refractivity contribution in [2.24, 2.45) is 13.0 Å². The second-order valence-electron chi connectivity index (χ2n) is 5.61. The molecule has 1 saturated heterocycles. The molecule has 120 valence electrons. The van der Waals surface area contributed by atoms with E-state index in [0.717, 1.165) is 5.56 Å². The Hall–Kier alpha value is -2.38. The van der Waals surface area contributed by atoms with Crippen molar-refractivity contribution in [3.8, 4) is 0 Å². The van der Waals surface area contributed by atoms with E-state index < -0.39 is 24.0 Å². The van der Waals surface area contributed by atoms with Crippen molar-refractivity contribution in [2.75, 3.05) is 7.05 Å². The molecule has 22 heavy (non-hydrogen) atoms. The lowest BCUT2D eigenvalue weighted by molar-refractivity contribution is -0.146. The number of amides is 2. The van der Waals surface area contributed by atoms with E-state index in [1.54, 1.807) is 31.2 Å². The van der Waals surface area contributed by atoms with Crippen molar-refractivity contribution in [3.05, 3.63) is 18.0 Å². The molecule has 2 N–H and O–H groups in total. The maximum Gasteiger partial charge on any atom is 0.325 e. The molecule has 3 atom stereocenters. The number of carboxylic acid groups (broad SMARTS) is 1. The number of nitrogens with one attached hydrogen (secondary N) is 1. The van der Waals surface area contributed by atoms with Gasteiger partial charge in [0.25, 0.3) is 0 Å². The number of carboxylic acids is 1. The van der Waals surface area contributed by atoms with Crippen LogP contribution in [0.15, 0.2) is 12.4 Å². The van der Waals surface area contributed by atoms with Gasteiger partial charge in [0.15, 0.2) is 0 Å². The van der Waals surface area contributed by atoms with Gasteiger partial charge in [0, 0.05) is 32.3 Å². The molecule has 1 aromatic rings. The fourth-order valence-corrected chi connectivity index (χ4v) is 2.74. The van der Waals surface area contributed by atoms with Crippen molar-refractivity contribution < 1.29 is 19.5 Å². The lowest BCUT2D eigenvalue weighted by Gasteiger charge is -2.38. The molecule has 0 bridgehead atoms. The van der Waals surface area contributed by atoms with E-state index in [-0.39, 0.29) is 18.2 Å². The van der Waals surface area contributed by atoms with E-state index in [4.69, 9.17) is 5.11 Å². The molecule has 2 heterocycles. The summed E-state index contributed by atoms with van der Waals surface area (Å²) < 4.78 is 1.61. The predicted octanol–water partition coefficient (Wildman–Crippen LogP) is -0.0811. The van der Waals surface area contributed by atoms with Gasteiger partial charge in [-0.3, -0.25) is 19.1 Å². The zero-order valence-corrected chi connectivity index (χ0v) is 12.8. The van der Waals surface area contributed by atoms with Crippen LogP contribution in [0.1, 0.15) is 31.4 Å². The van der Waals surface area contributed by atoms with E-state index in [1.807, 2.05) is 0 Å². The monoisotopic (exact) mass is 308 g/mol. The van der Waals surface area contributed by atoms with Gasteiger partial charge in [-0.05, 0) is 13.3 Å². The Morgan fingerprint density at radius 3 is 2.68 bits per heavy atom. The van der Waals surface area contributed by atoms with Crippen LogP contribution in [-0.4, -0.2) is 50.7 Å². The van der Waals surface area contributed by atoms with E-state index in [9.17, 15) is 14.4 Å². The molecule has 8 nitrogen and oxygen atoms in total. The summed E-state index contributed by atoms with van der Waals surface area (Å²) in [4.78, 5) is 36.8. The summed E-state index contributed by atoms with van der Waals surface area (Å²) in [5, 5.41) is 15.5. The van der Waals surface area contributed by atoms with Gasteiger partial charge in [0.2, 0.25) is 11.8 Å². The van der Waals surface area contributed by atoms with Gasteiger partial charge in [-0.15, -0.1) is 0 Å². The Morgan fingerprint density at radius 2 is 2.14 bits per heavy atom. The molecule has 1 aromatic heterocycles. The molecule has 1 aliphatic heterocycles.